The number of carbonyl (C=O) groups is 2. The molecule has 3 heterocycles. The van der Waals surface area contributed by atoms with E-state index in [1.165, 1.54) is 0 Å². The van der Waals surface area contributed by atoms with E-state index >= 15 is 0 Å². The molecule has 8 nitrogen and oxygen atoms in total. The summed E-state index contributed by atoms with van der Waals surface area (Å²) in [5, 5.41) is 3.88. The van der Waals surface area contributed by atoms with Crippen molar-refractivity contribution in [3.8, 4) is 0 Å². The van der Waals surface area contributed by atoms with Crippen LogP contribution in [0.2, 0.25) is 0 Å². The van der Waals surface area contributed by atoms with Crippen LogP contribution >= 0.6 is 0 Å². The Morgan fingerprint density at radius 1 is 1.00 bits per heavy atom. The predicted octanol–water partition coefficient (Wildman–Crippen LogP) is 2.50. The molecule has 0 aliphatic carbocycles. The summed E-state index contributed by atoms with van der Waals surface area (Å²) in [6.07, 6.45) is 2.10. The zero-order chi connectivity index (χ0) is 20.2. The van der Waals surface area contributed by atoms with Gasteiger partial charge in [-0.25, -0.2) is 0 Å². The number of hydrogen-bond donors (Lipinski definition) is 0. The first-order valence-corrected chi connectivity index (χ1v) is 9.50. The zero-order valence-electron chi connectivity index (χ0n) is 16.1. The van der Waals surface area contributed by atoms with E-state index in [0.717, 1.165) is 0 Å². The third-order valence-corrected chi connectivity index (χ3v) is 4.94. The Bertz CT molecular complexity index is 990. The second-order valence-electron chi connectivity index (χ2n) is 6.86. The molecule has 4 rings (SSSR count). The number of benzene rings is 1. The van der Waals surface area contributed by atoms with E-state index in [9.17, 15) is 9.59 Å². The minimum atomic E-state index is -0.398. The summed E-state index contributed by atoms with van der Waals surface area (Å²) in [5.74, 6) is 0.621. The van der Waals surface area contributed by atoms with Crippen molar-refractivity contribution in [2.45, 2.75) is 19.4 Å². The number of nitrogens with zero attached hydrogens (tertiary/aromatic N) is 5. The Morgan fingerprint density at radius 3 is 2.48 bits per heavy atom. The molecule has 0 spiro atoms. The van der Waals surface area contributed by atoms with Crippen molar-refractivity contribution >= 4 is 11.8 Å². The smallest absolute Gasteiger partial charge is 0.272 e. The maximum absolute atomic E-state index is 13.2. The average Bonchev–Trinajstić information content (AvgIpc) is 3.07. The molecule has 1 fully saturated rings. The highest BCUT2D eigenvalue weighted by Crippen LogP contribution is 2.28. The summed E-state index contributed by atoms with van der Waals surface area (Å²) in [7, 11) is 0. The molecule has 2 amide bonds. The van der Waals surface area contributed by atoms with Gasteiger partial charge in [0.05, 0.1) is 0 Å². The summed E-state index contributed by atoms with van der Waals surface area (Å²) < 4.78 is 5.39. The van der Waals surface area contributed by atoms with Gasteiger partial charge in [-0.2, -0.15) is 4.98 Å². The number of carbonyl (C=O) groups excluding carboxylic acids is 2. The van der Waals surface area contributed by atoms with Gasteiger partial charge in [0.15, 0.2) is 5.82 Å². The Kier molecular flexibility index (Phi) is 5.33. The van der Waals surface area contributed by atoms with Gasteiger partial charge in [-0.05, 0) is 37.6 Å². The van der Waals surface area contributed by atoms with Crippen LogP contribution in [0.3, 0.4) is 0 Å². The number of aryl methyl sites for hydroxylation is 1. The molecule has 1 aliphatic heterocycles. The highest BCUT2D eigenvalue weighted by molar-refractivity contribution is 5.95. The molecule has 8 heteroatoms. The van der Waals surface area contributed by atoms with Crippen LogP contribution in [0.25, 0.3) is 0 Å². The molecule has 0 bridgehead atoms. The molecule has 1 aromatic carbocycles. The van der Waals surface area contributed by atoms with Crippen molar-refractivity contribution in [1.82, 2.24) is 24.9 Å². The zero-order valence-corrected chi connectivity index (χ0v) is 16.1. The lowest BCUT2D eigenvalue weighted by Crippen LogP contribution is -2.38. The number of aromatic nitrogens is 3. The fourth-order valence-corrected chi connectivity index (χ4v) is 3.48. The minimum absolute atomic E-state index is 0.126. The van der Waals surface area contributed by atoms with Gasteiger partial charge in [0.2, 0.25) is 5.89 Å². The molecule has 0 N–H and O–H groups in total. The average molecular weight is 391 g/mol. The van der Waals surface area contributed by atoms with Crippen molar-refractivity contribution in [2.24, 2.45) is 0 Å². The normalized spacial score (nSPS) is 17.1. The Morgan fingerprint density at radius 2 is 1.79 bits per heavy atom. The molecule has 1 saturated heterocycles. The first kappa shape index (κ1) is 18.8. The van der Waals surface area contributed by atoms with Crippen molar-refractivity contribution in [3.05, 3.63) is 77.7 Å². The molecular formula is C21H21N5O3. The fourth-order valence-electron chi connectivity index (χ4n) is 3.48. The lowest BCUT2D eigenvalue weighted by Gasteiger charge is -2.27. The van der Waals surface area contributed by atoms with Crippen LogP contribution in [0.15, 0.2) is 59.3 Å². The number of rotatable bonds is 3. The summed E-state index contributed by atoms with van der Waals surface area (Å²) in [4.78, 5) is 38.0. The van der Waals surface area contributed by atoms with E-state index in [1.54, 1.807) is 53.3 Å². The monoisotopic (exact) mass is 391 g/mol. The Balaban J connectivity index is 1.61. The van der Waals surface area contributed by atoms with Gasteiger partial charge >= 0.3 is 0 Å². The Labute approximate surface area is 168 Å². The van der Waals surface area contributed by atoms with E-state index in [-0.39, 0.29) is 11.8 Å². The van der Waals surface area contributed by atoms with Crippen molar-refractivity contribution in [2.75, 3.05) is 19.6 Å². The van der Waals surface area contributed by atoms with Crippen LogP contribution in [0.5, 0.6) is 0 Å². The SMILES string of the molecule is Cc1noc(C2CCN(C(=O)c3ccccn3)CCN2C(=O)c2ccccc2)n1. The molecule has 0 saturated carbocycles. The molecule has 2 aromatic heterocycles. The maximum atomic E-state index is 13.2. The lowest BCUT2D eigenvalue weighted by molar-refractivity contribution is 0.0641. The predicted molar refractivity (Wildman–Crippen MR) is 104 cm³/mol. The largest absolute Gasteiger partial charge is 0.337 e. The molecule has 3 aromatic rings. The van der Waals surface area contributed by atoms with Gasteiger partial charge in [0.1, 0.15) is 11.7 Å². The highest BCUT2D eigenvalue weighted by Gasteiger charge is 2.34. The van der Waals surface area contributed by atoms with Crippen LogP contribution in [0.4, 0.5) is 0 Å². The quantitative estimate of drug-likeness (QED) is 0.681. The van der Waals surface area contributed by atoms with Crippen LogP contribution in [-0.4, -0.2) is 56.4 Å². The van der Waals surface area contributed by atoms with E-state index in [1.807, 2.05) is 18.2 Å². The first-order valence-electron chi connectivity index (χ1n) is 9.50. The number of hydrogen-bond acceptors (Lipinski definition) is 6. The fraction of sp³-hybridized carbons (Fsp3) is 0.286. The third kappa shape index (κ3) is 4.01. The van der Waals surface area contributed by atoms with Crippen LogP contribution in [0.1, 0.15) is 45.0 Å². The second kappa shape index (κ2) is 8.22. The molecular weight excluding hydrogens is 370 g/mol. The van der Waals surface area contributed by atoms with Gasteiger partial charge in [-0.3, -0.25) is 14.6 Å². The summed E-state index contributed by atoms with van der Waals surface area (Å²) in [5.41, 5.74) is 0.971. The van der Waals surface area contributed by atoms with Gasteiger partial charge in [-0.1, -0.05) is 29.4 Å². The summed E-state index contributed by atoms with van der Waals surface area (Å²) >= 11 is 0. The van der Waals surface area contributed by atoms with E-state index < -0.39 is 6.04 Å². The topological polar surface area (TPSA) is 92.4 Å². The standard InChI is InChI=1S/C21H21N5O3/c1-15-23-19(29-24-15)18-10-12-25(21(28)17-9-5-6-11-22-17)13-14-26(18)20(27)16-7-3-2-4-8-16/h2-9,11,18H,10,12-14H2,1H3. The molecule has 148 valence electrons. The van der Waals surface area contributed by atoms with Crippen molar-refractivity contribution in [1.29, 1.82) is 0 Å². The Hall–Kier alpha value is -3.55. The van der Waals surface area contributed by atoms with E-state index in [2.05, 4.69) is 15.1 Å². The van der Waals surface area contributed by atoms with E-state index in [4.69, 9.17) is 4.52 Å². The number of pyridine rings is 1. The third-order valence-electron chi connectivity index (χ3n) is 4.94. The van der Waals surface area contributed by atoms with Gasteiger partial charge in [-0.15, -0.1) is 0 Å². The lowest BCUT2D eigenvalue weighted by atomic mass is 10.1. The van der Waals surface area contributed by atoms with Crippen LogP contribution in [-0.2, 0) is 0 Å². The molecule has 1 unspecified atom stereocenters. The van der Waals surface area contributed by atoms with Crippen molar-refractivity contribution < 1.29 is 14.1 Å². The summed E-state index contributed by atoms with van der Waals surface area (Å²) in [6, 6.07) is 13.9. The van der Waals surface area contributed by atoms with Gasteiger partial charge in [0.25, 0.3) is 11.8 Å². The van der Waals surface area contributed by atoms with E-state index in [0.29, 0.717) is 49.0 Å². The van der Waals surface area contributed by atoms with Crippen LogP contribution < -0.4 is 0 Å². The molecule has 29 heavy (non-hydrogen) atoms. The maximum Gasteiger partial charge on any atom is 0.272 e. The minimum Gasteiger partial charge on any atom is -0.337 e. The summed E-state index contributed by atoms with van der Waals surface area (Å²) in [6.45, 7) is 2.96. The van der Waals surface area contributed by atoms with Gasteiger partial charge < -0.3 is 14.3 Å². The number of amides is 2. The van der Waals surface area contributed by atoms with Gasteiger partial charge in [0, 0.05) is 31.4 Å². The first-order chi connectivity index (χ1) is 14.1. The molecule has 1 atom stereocenters. The highest BCUT2D eigenvalue weighted by atomic mass is 16.5. The van der Waals surface area contributed by atoms with Crippen molar-refractivity contribution in [3.63, 3.8) is 0 Å². The van der Waals surface area contributed by atoms with Crippen LogP contribution in [0, 0.1) is 6.92 Å². The molecule has 0 radical (unpaired) electrons. The molecule has 1 aliphatic rings. The second-order valence-corrected chi connectivity index (χ2v) is 6.86.